The van der Waals surface area contributed by atoms with E-state index < -0.39 is 0 Å². The van der Waals surface area contributed by atoms with Gasteiger partial charge in [0.05, 0.1) is 0 Å². The number of hydrogen-bond donors (Lipinski definition) is 2. The average molecular weight is 173 g/mol. The van der Waals surface area contributed by atoms with Gasteiger partial charge in [0, 0.05) is 27.1 Å². The maximum atomic E-state index is 10.9. The first-order chi connectivity index (χ1) is 5.54. The topological polar surface area (TPSA) is 75.4 Å². The van der Waals surface area contributed by atoms with Crippen LogP contribution in [0.5, 0.6) is 0 Å². The van der Waals surface area contributed by atoms with E-state index in [2.05, 4.69) is 5.32 Å². The molecule has 0 atom stereocenters. The molecule has 0 unspecified atom stereocenters. The number of hydrogen-bond acceptors (Lipinski definition) is 2. The summed E-state index contributed by atoms with van der Waals surface area (Å²) in [4.78, 5) is 22.6. The highest BCUT2D eigenvalue weighted by molar-refractivity contribution is 5.74. The fourth-order valence-electron chi connectivity index (χ4n) is 0.616. The zero-order valence-electron chi connectivity index (χ0n) is 7.46. The van der Waals surface area contributed by atoms with E-state index in [1.807, 2.05) is 0 Å². The molecule has 0 rings (SSSR count). The van der Waals surface area contributed by atoms with Crippen LogP contribution in [0.1, 0.15) is 12.8 Å². The number of nitrogens with two attached hydrogens (primary N) is 1. The molecule has 0 aromatic rings. The molecule has 0 fully saturated rings. The summed E-state index contributed by atoms with van der Waals surface area (Å²) in [7, 11) is 3.31. The molecule has 0 aliphatic heterocycles. The summed E-state index contributed by atoms with van der Waals surface area (Å²) in [6.45, 7) is 0.486. The summed E-state index contributed by atoms with van der Waals surface area (Å²) in [5.74, 6) is -0.339. The third-order valence-corrected chi connectivity index (χ3v) is 1.28. The molecule has 0 spiro atoms. The molecule has 5 nitrogen and oxygen atoms in total. The molecule has 70 valence electrons. The summed E-state index contributed by atoms with van der Waals surface area (Å²) in [6.07, 6.45) is 0.905. The second-order valence-electron chi connectivity index (χ2n) is 2.70. The molecule has 5 heteroatoms. The second-order valence-corrected chi connectivity index (χ2v) is 2.70. The van der Waals surface area contributed by atoms with E-state index in [4.69, 9.17) is 5.73 Å². The summed E-state index contributed by atoms with van der Waals surface area (Å²) in [5, 5.41) is 2.62. The van der Waals surface area contributed by atoms with Crippen LogP contribution in [0.25, 0.3) is 0 Å². The van der Waals surface area contributed by atoms with Crippen molar-refractivity contribution >= 4 is 11.9 Å². The highest BCUT2D eigenvalue weighted by Gasteiger charge is 2.01. The van der Waals surface area contributed by atoms with Crippen molar-refractivity contribution in [3.05, 3.63) is 0 Å². The summed E-state index contributed by atoms with van der Waals surface area (Å²) >= 11 is 0. The highest BCUT2D eigenvalue weighted by atomic mass is 16.2. The van der Waals surface area contributed by atoms with Gasteiger partial charge < -0.3 is 16.0 Å². The Morgan fingerprint density at radius 2 is 2.00 bits per heavy atom. The van der Waals surface area contributed by atoms with Crippen LogP contribution in [0.3, 0.4) is 0 Å². The largest absolute Gasteiger partial charge is 0.370 e. The number of nitrogens with zero attached hydrogens (tertiary/aromatic N) is 1. The van der Waals surface area contributed by atoms with Crippen LogP contribution in [-0.4, -0.2) is 37.5 Å². The van der Waals surface area contributed by atoms with Crippen LogP contribution in [-0.2, 0) is 4.79 Å². The first-order valence-electron chi connectivity index (χ1n) is 3.77. The van der Waals surface area contributed by atoms with Gasteiger partial charge in [-0.2, -0.15) is 0 Å². The Labute approximate surface area is 71.9 Å². The van der Waals surface area contributed by atoms with Gasteiger partial charge in [-0.15, -0.1) is 0 Å². The number of amides is 3. The molecule has 12 heavy (non-hydrogen) atoms. The summed E-state index contributed by atoms with van der Waals surface area (Å²) in [6, 6.07) is -0.153. The smallest absolute Gasteiger partial charge is 0.316 e. The molecular weight excluding hydrogens is 158 g/mol. The van der Waals surface area contributed by atoms with Gasteiger partial charge in [0.2, 0.25) is 5.91 Å². The summed E-state index contributed by atoms with van der Waals surface area (Å²) in [5.41, 5.74) is 4.91. The Hall–Kier alpha value is -1.26. The number of urea groups is 1. The molecule has 0 saturated carbocycles. The van der Waals surface area contributed by atoms with Crippen LogP contribution in [0.2, 0.25) is 0 Å². The molecule has 0 aromatic heterocycles. The molecule has 0 bridgehead atoms. The molecule has 3 N–H and O–H groups in total. The van der Waals surface area contributed by atoms with Crippen LogP contribution < -0.4 is 11.1 Å². The Morgan fingerprint density at radius 3 is 2.42 bits per heavy atom. The maximum absolute atomic E-state index is 10.9. The first kappa shape index (κ1) is 10.7. The van der Waals surface area contributed by atoms with Crippen LogP contribution >= 0.6 is 0 Å². The van der Waals surface area contributed by atoms with Crippen LogP contribution in [0, 0.1) is 0 Å². The van der Waals surface area contributed by atoms with Crippen LogP contribution in [0.15, 0.2) is 0 Å². The molecule has 0 aliphatic rings. The average Bonchev–Trinajstić information content (AvgIpc) is 1.97. The predicted octanol–water partition coefficient (Wildman–Crippen LogP) is -0.477. The van der Waals surface area contributed by atoms with E-state index >= 15 is 0 Å². The lowest BCUT2D eigenvalue weighted by Crippen LogP contribution is -2.35. The van der Waals surface area contributed by atoms with E-state index in [0.717, 1.165) is 0 Å². The first-order valence-corrected chi connectivity index (χ1v) is 3.77. The van der Waals surface area contributed by atoms with Crippen molar-refractivity contribution in [2.24, 2.45) is 5.73 Å². The van der Waals surface area contributed by atoms with Gasteiger partial charge in [0.15, 0.2) is 0 Å². The minimum Gasteiger partial charge on any atom is -0.370 e. The number of nitrogens with one attached hydrogen (secondary N) is 1. The van der Waals surface area contributed by atoms with Crippen molar-refractivity contribution in [2.75, 3.05) is 20.6 Å². The van der Waals surface area contributed by atoms with Crippen molar-refractivity contribution in [2.45, 2.75) is 12.8 Å². The Morgan fingerprint density at radius 1 is 1.42 bits per heavy atom. The van der Waals surface area contributed by atoms with E-state index in [1.54, 1.807) is 14.1 Å². The third-order valence-electron chi connectivity index (χ3n) is 1.28. The molecule has 0 aromatic carbocycles. The molecular formula is C7H15N3O2. The van der Waals surface area contributed by atoms with Gasteiger partial charge in [-0.1, -0.05) is 0 Å². The van der Waals surface area contributed by atoms with Gasteiger partial charge in [0.25, 0.3) is 0 Å². The van der Waals surface area contributed by atoms with E-state index in [-0.39, 0.29) is 11.9 Å². The Kier molecular flexibility index (Phi) is 4.83. The van der Waals surface area contributed by atoms with Crippen LogP contribution in [0.4, 0.5) is 4.79 Å². The number of carbonyl (C=O) groups excluding carboxylic acids is 2. The molecule has 0 saturated heterocycles. The van der Waals surface area contributed by atoms with Crippen molar-refractivity contribution in [1.82, 2.24) is 10.2 Å². The van der Waals surface area contributed by atoms with Crippen molar-refractivity contribution in [3.63, 3.8) is 0 Å². The van der Waals surface area contributed by atoms with Crippen molar-refractivity contribution < 1.29 is 9.59 Å². The van der Waals surface area contributed by atoms with Crippen molar-refractivity contribution in [1.29, 1.82) is 0 Å². The van der Waals surface area contributed by atoms with E-state index in [1.165, 1.54) is 4.90 Å². The normalized spacial score (nSPS) is 9.17. The minimum absolute atomic E-state index is 0.153. The van der Waals surface area contributed by atoms with Gasteiger partial charge in [-0.3, -0.25) is 4.79 Å². The minimum atomic E-state index is -0.339. The quantitative estimate of drug-likeness (QED) is 0.563. The highest BCUT2D eigenvalue weighted by Crippen LogP contribution is 1.85. The number of rotatable bonds is 4. The zero-order valence-corrected chi connectivity index (χ0v) is 7.46. The third kappa shape index (κ3) is 5.52. The van der Waals surface area contributed by atoms with Gasteiger partial charge in [0.1, 0.15) is 0 Å². The maximum Gasteiger partial charge on any atom is 0.316 e. The fraction of sp³-hybridized carbons (Fsp3) is 0.714. The molecule has 0 aliphatic carbocycles. The van der Waals surface area contributed by atoms with Gasteiger partial charge >= 0.3 is 6.03 Å². The molecule has 0 heterocycles. The van der Waals surface area contributed by atoms with E-state index in [0.29, 0.717) is 19.4 Å². The lowest BCUT2D eigenvalue weighted by molar-refractivity contribution is -0.118. The number of carbonyl (C=O) groups is 2. The molecule has 0 radical (unpaired) electrons. The Balaban J connectivity index is 3.32. The lowest BCUT2D eigenvalue weighted by Gasteiger charge is -2.10. The fourth-order valence-corrected chi connectivity index (χ4v) is 0.616. The Bertz CT molecular complexity index is 168. The second kappa shape index (κ2) is 5.40. The standard InChI is InChI=1S/C7H15N3O2/c1-10(2)7(12)9-5-3-4-6(8)11/h3-5H2,1-2H3,(H2,8,11)(H,9,12). The monoisotopic (exact) mass is 173 g/mol. The molecule has 3 amide bonds. The van der Waals surface area contributed by atoms with Gasteiger partial charge in [-0.25, -0.2) is 4.79 Å². The number of primary amides is 1. The van der Waals surface area contributed by atoms with Crippen molar-refractivity contribution in [3.8, 4) is 0 Å². The SMILES string of the molecule is CN(C)C(=O)NCCCC(N)=O. The van der Waals surface area contributed by atoms with E-state index in [9.17, 15) is 9.59 Å². The predicted molar refractivity (Wildman–Crippen MR) is 45.5 cm³/mol. The van der Waals surface area contributed by atoms with Gasteiger partial charge in [-0.05, 0) is 6.42 Å². The summed E-state index contributed by atoms with van der Waals surface area (Å²) < 4.78 is 0. The lowest BCUT2D eigenvalue weighted by atomic mass is 10.3. The zero-order chi connectivity index (χ0) is 9.56.